The Hall–Kier alpha value is -1.47. The molecule has 0 saturated heterocycles. The lowest BCUT2D eigenvalue weighted by Crippen LogP contribution is -2.49. The Morgan fingerprint density at radius 1 is 0.892 bits per heavy atom. The van der Waals surface area contributed by atoms with Crippen LogP contribution in [0.15, 0.2) is 6.08 Å². The number of carbonyl (C=O) groups excluding carboxylic acids is 1. The van der Waals surface area contributed by atoms with Gasteiger partial charge in [0.1, 0.15) is 12.2 Å². The number of likely N-dealkylation sites (N-methyl/N-ethyl adjacent to an activating group) is 1. The number of unbranched alkanes of at least 4 members (excludes halogenated alkanes) is 10. The van der Waals surface area contributed by atoms with Crippen LogP contribution in [0.4, 0.5) is 0 Å². The highest BCUT2D eigenvalue weighted by atomic mass is 32.1. The molecule has 0 aliphatic carbocycles. The molecule has 1 aromatic heterocycles. The van der Waals surface area contributed by atoms with Crippen molar-refractivity contribution in [1.29, 1.82) is 0 Å². The van der Waals surface area contributed by atoms with E-state index in [1.54, 1.807) is 0 Å². The maximum Gasteiger partial charge on any atom is 0.310 e. The predicted molar refractivity (Wildman–Crippen MR) is 159 cm³/mol. The van der Waals surface area contributed by atoms with Crippen molar-refractivity contribution < 1.29 is 18.8 Å². The molecule has 0 saturated carbocycles. The quantitative estimate of drug-likeness (QED) is 0.106. The average Bonchev–Trinajstić information content (AvgIpc) is 3.40. The van der Waals surface area contributed by atoms with Crippen molar-refractivity contribution in [2.75, 3.05) is 33.5 Å². The highest BCUT2D eigenvalue weighted by Gasteiger charge is 2.31. The minimum Gasteiger partial charge on any atom is -0.475 e. The lowest BCUT2D eigenvalue weighted by atomic mass is 10.1. The monoisotopic (exact) mass is 540 g/mol. The summed E-state index contributed by atoms with van der Waals surface area (Å²) in [7, 11) is 2.15. The lowest BCUT2D eigenvalue weighted by molar-refractivity contribution is -0.919. The molecule has 0 aromatic carbocycles. The van der Waals surface area contributed by atoms with Gasteiger partial charge < -0.3 is 9.47 Å². The molecule has 0 bridgehead atoms. The fourth-order valence-corrected chi connectivity index (χ4v) is 4.79. The standard InChI is InChI=1S/C26H46N3O3S.2C2H6/c1-4-6-8-10-11-12-13-14-18-24(30)32-22-29(3)19-16-17-23(21-29)25-26(28-33-27-25)31-20-15-9-7-5-2;2*1-2/h17H,4-16,18-22H2,1-3H3;2*1-2H3/q+1;;. The molecule has 216 valence electrons. The van der Waals surface area contributed by atoms with E-state index < -0.39 is 0 Å². The first-order chi connectivity index (χ1) is 18.1. The Morgan fingerprint density at radius 3 is 2.14 bits per heavy atom. The summed E-state index contributed by atoms with van der Waals surface area (Å²) < 4.78 is 21.2. The Bertz CT molecular complexity index is 708. The van der Waals surface area contributed by atoms with Crippen LogP contribution in [-0.4, -0.2) is 52.7 Å². The molecule has 2 rings (SSSR count). The molecule has 0 N–H and O–H groups in total. The third kappa shape index (κ3) is 16.2. The zero-order valence-corrected chi connectivity index (χ0v) is 26.1. The van der Waals surface area contributed by atoms with Crippen LogP contribution in [0.5, 0.6) is 5.88 Å². The highest BCUT2D eigenvalue weighted by Crippen LogP contribution is 2.30. The summed E-state index contributed by atoms with van der Waals surface area (Å²) in [4.78, 5) is 12.3. The van der Waals surface area contributed by atoms with E-state index in [0.29, 0.717) is 30.1 Å². The van der Waals surface area contributed by atoms with Crippen molar-refractivity contribution >= 4 is 23.3 Å². The fraction of sp³-hybridized carbons (Fsp3) is 0.833. The minimum absolute atomic E-state index is 0.0668. The average molecular weight is 541 g/mol. The van der Waals surface area contributed by atoms with Gasteiger partial charge in [-0.1, -0.05) is 112 Å². The molecule has 1 atom stereocenters. The van der Waals surface area contributed by atoms with E-state index in [2.05, 4.69) is 35.7 Å². The zero-order valence-electron chi connectivity index (χ0n) is 25.3. The first-order valence-corrected chi connectivity index (χ1v) is 15.9. The van der Waals surface area contributed by atoms with E-state index in [-0.39, 0.29) is 5.97 Å². The molecule has 0 fully saturated rings. The molecule has 37 heavy (non-hydrogen) atoms. The Morgan fingerprint density at radius 2 is 1.49 bits per heavy atom. The number of aromatic nitrogens is 2. The minimum atomic E-state index is -0.0668. The van der Waals surface area contributed by atoms with Crippen LogP contribution in [0, 0.1) is 0 Å². The molecule has 6 nitrogen and oxygen atoms in total. The van der Waals surface area contributed by atoms with Crippen molar-refractivity contribution in [3.8, 4) is 5.88 Å². The summed E-state index contributed by atoms with van der Waals surface area (Å²) in [5.74, 6) is 0.589. The SMILES string of the molecule is CC.CC.CCCCCCCCCCC(=O)OC[N+]1(C)CCC=C(c2nsnc2OCCCCCC)C1. The molecule has 1 aliphatic rings. The van der Waals surface area contributed by atoms with E-state index in [1.165, 1.54) is 69.5 Å². The maximum atomic E-state index is 12.3. The smallest absolute Gasteiger partial charge is 0.310 e. The van der Waals surface area contributed by atoms with E-state index in [9.17, 15) is 4.79 Å². The van der Waals surface area contributed by atoms with Gasteiger partial charge in [0.15, 0.2) is 0 Å². The molecule has 7 heteroatoms. The highest BCUT2D eigenvalue weighted by molar-refractivity contribution is 6.99. The van der Waals surface area contributed by atoms with Gasteiger partial charge in [0, 0.05) is 18.4 Å². The van der Waals surface area contributed by atoms with Crippen molar-refractivity contribution in [1.82, 2.24) is 8.75 Å². The number of esters is 1. The first-order valence-electron chi connectivity index (χ1n) is 15.2. The fourth-order valence-electron chi connectivity index (χ4n) is 4.26. The van der Waals surface area contributed by atoms with Crippen LogP contribution < -0.4 is 4.74 Å². The Kier molecular flexibility index (Phi) is 22.7. The summed E-state index contributed by atoms with van der Waals surface area (Å²) in [6.45, 7) is 15.3. The van der Waals surface area contributed by atoms with Crippen LogP contribution in [0.25, 0.3) is 5.57 Å². The van der Waals surface area contributed by atoms with Gasteiger partial charge >= 0.3 is 5.97 Å². The number of quaternary nitrogens is 1. The normalized spacial score (nSPS) is 16.6. The van der Waals surface area contributed by atoms with Crippen LogP contribution in [0.3, 0.4) is 0 Å². The number of ether oxygens (including phenoxy) is 2. The van der Waals surface area contributed by atoms with Crippen molar-refractivity contribution in [2.24, 2.45) is 0 Å². The van der Waals surface area contributed by atoms with Gasteiger partial charge in [0.2, 0.25) is 6.73 Å². The third-order valence-corrected chi connectivity index (χ3v) is 6.89. The molecular formula is C30H58N3O3S+. The van der Waals surface area contributed by atoms with E-state index in [0.717, 1.165) is 50.0 Å². The first kappa shape index (κ1) is 35.5. The summed E-state index contributed by atoms with van der Waals surface area (Å²) in [5.41, 5.74) is 2.02. The van der Waals surface area contributed by atoms with Gasteiger partial charge in [-0.3, -0.25) is 9.28 Å². The van der Waals surface area contributed by atoms with Crippen LogP contribution in [0.2, 0.25) is 0 Å². The summed E-state index contributed by atoms with van der Waals surface area (Å²) in [5, 5.41) is 0. The van der Waals surface area contributed by atoms with Gasteiger partial charge in [0.25, 0.3) is 5.88 Å². The van der Waals surface area contributed by atoms with Crippen LogP contribution >= 0.6 is 11.7 Å². The van der Waals surface area contributed by atoms with E-state index >= 15 is 0 Å². The van der Waals surface area contributed by atoms with Crippen LogP contribution in [-0.2, 0) is 9.53 Å². The van der Waals surface area contributed by atoms with Crippen LogP contribution in [0.1, 0.15) is 137 Å². The lowest BCUT2D eigenvalue weighted by Gasteiger charge is -2.36. The van der Waals surface area contributed by atoms with Crippen molar-refractivity contribution in [3.63, 3.8) is 0 Å². The van der Waals surface area contributed by atoms with Crippen molar-refractivity contribution in [2.45, 2.75) is 131 Å². The van der Waals surface area contributed by atoms with E-state index in [1.807, 2.05) is 27.7 Å². The topological polar surface area (TPSA) is 61.3 Å². The Balaban J connectivity index is 0.00000308. The molecule has 0 radical (unpaired) electrons. The second-order valence-corrected chi connectivity index (χ2v) is 10.2. The number of carbonyl (C=O) groups is 1. The largest absolute Gasteiger partial charge is 0.475 e. The van der Waals surface area contributed by atoms with Crippen molar-refractivity contribution in [3.05, 3.63) is 11.8 Å². The van der Waals surface area contributed by atoms with Gasteiger partial charge in [-0.05, 0) is 12.8 Å². The number of hydrogen-bond donors (Lipinski definition) is 0. The van der Waals surface area contributed by atoms with E-state index in [4.69, 9.17) is 9.47 Å². The number of hydrogen-bond acceptors (Lipinski definition) is 6. The second kappa shape index (κ2) is 23.6. The predicted octanol–water partition coefficient (Wildman–Crippen LogP) is 8.81. The van der Waals surface area contributed by atoms with Gasteiger partial charge in [-0.2, -0.15) is 4.37 Å². The van der Waals surface area contributed by atoms with Gasteiger partial charge in [-0.25, -0.2) is 0 Å². The van der Waals surface area contributed by atoms with Gasteiger partial charge in [0.05, 0.1) is 31.9 Å². The number of rotatable bonds is 18. The molecule has 0 amide bonds. The summed E-state index contributed by atoms with van der Waals surface area (Å²) in [6.07, 6.45) is 18.3. The molecule has 1 aromatic rings. The molecule has 2 heterocycles. The maximum absolute atomic E-state index is 12.3. The van der Waals surface area contributed by atoms with Gasteiger partial charge in [-0.15, -0.1) is 4.37 Å². The number of nitrogens with zero attached hydrogens (tertiary/aromatic N) is 3. The second-order valence-electron chi connectivity index (χ2n) is 9.72. The summed E-state index contributed by atoms with van der Waals surface area (Å²) in [6, 6.07) is 0. The zero-order chi connectivity index (χ0) is 27.8. The molecular weight excluding hydrogens is 482 g/mol. The Labute approximate surface area is 233 Å². The molecule has 0 spiro atoms. The molecule has 1 unspecified atom stereocenters. The summed E-state index contributed by atoms with van der Waals surface area (Å²) >= 11 is 1.21. The third-order valence-electron chi connectivity index (χ3n) is 6.38. The molecule has 1 aliphatic heterocycles.